The minimum absolute atomic E-state index is 0.0857. The molecular formula is C20H38N4O5. The smallest absolute Gasteiger partial charge is 0.325 e. The van der Waals surface area contributed by atoms with Crippen LogP contribution in [0.2, 0.25) is 0 Å². The molecule has 3 amide bonds. The van der Waals surface area contributed by atoms with Gasteiger partial charge in [-0.1, -0.05) is 41.5 Å². The zero-order valence-electron chi connectivity index (χ0n) is 18.9. The highest BCUT2D eigenvalue weighted by molar-refractivity contribution is 5.94. The van der Waals surface area contributed by atoms with Gasteiger partial charge in [-0.15, -0.1) is 0 Å². The number of likely N-dealkylation sites (N-methyl/N-ethyl adjacent to an activating group) is 1. The van der Waals surface area contributed by atoms with Crippen LogP contribution < -0.4 is 16.4 Å². The Labute approximate surface area is 173 Å². The number of hydrogen-bond acceptors (Lipinski definition) is 5. The molecule has 0 saturated carbocycles. The Morgan fingerprint density at radius 3 is 1.79 bits per heavy atom. The molecule has 168 valence electrons. The highest BCUT2D eigenvalue weighted by Crippen LogP contribution is 2.15. The van der Waals surface area contributed by atoms with Crippen LogP contribution in [0.5, 0.6) is 0 Å². The van der Waals surface area contributed by atoms with Crippen molar-refractivity contribution in [2.75, 3.05) is 7.05 Å². The van der Waals surface area contributed by atoms with Crippen molar-refractivity contribution < 1.29 is 24.3 Å². The van der Waals surface area contributed by atoms with Gasteiger partial charge >= 0.3 is 5.97 Å². The molecule has 0 aliphatic rings. The maximum atomic E-state index is 13.1. The lowest BCUT2D eigenvalue weighted by Gasteiger charge is -2.34. The summed E-state index contributed by atoms with van der Waals surface area (Å²) in [5.41, 5.74) is 5.89. The molecule has 9 heteroatoms. The Hall–Kier alpha value is -2.16. The molecule has 0 aliphatic carbocycles. The van der Waals surface area contributed by atoms with Gasteiger partial charge in [0.25, 0.3) is 0 Å². The van der Waals surface area contributed by atoms with E-state index in [1.54, 1.807) is 13.8 Å². The van der Waals surface area contributed by atoms with Crippen LogP contribution in [0.25, 0.3) is 0 Å². The van der Waals surface area contributed by atoms with Crippen LogP contribution in [0.1, 0.15) is 54.9 Å². The van der Waals surface area contributed by atoms with Crippen molar-refractivity contribution >= 4 is 23.7 Å². The Morgan fingerprint density at radius 2 is 1.41 bits per heavy atom. The molecule has 0 saturated heterocycles. The highest BCUT2D eigenvalue weighted by Gasteiger charge is 2.35. The maximum Gasteiger partial charge on any atom is 0.325 e. The predicted octanol–water partition coefficient (Wildman–Crippen LogP) is 0.573. The fourth-order valence-corrected chi connectivity index (χ4v) is 2.70. The molecule has 0 aromatic rings. The minimum Gasteiger partial charge on any atom is -0.480 e. The standard InChI is InChI=1S/C20H38N4O5/c1-10(2)9-14(17(25)22-13(7)20(28)29)24(8)19(27)16(12(5)6)23-18(26)15(21)11(3)4/h10-16H,9,21H2,1-8H3,(H,22,25)(H,23,26)(H,28,29)/t13-,14-,15-,16-/m0/s1. The van der Waals surface area contributed by atoms with Crippen LogP contribution in [0.3, 0.4) is 0 Å². The van der Waals surface area contributed by atoms with Gasteiger partial charge in [0.1, 0.15) is 18.1 Å². The molecule has 9 nitrogen and oxygen atoms in total. The molecule has 5 N–H and O–H groups in total. The molecular weight excluding hydrogens is 376 g/mol. The van der Waals surface area contributed by atoms with E-state index in [1.165, 1.54) is 18.9 Å². The average molecular weight is 415 g/mol. The van der Waals surface area contributed by atoms with Gasteiger partial charge in [0.05, 0.1) is 6.04 Å². The zero-order chi connectivity index (χ0) is 23.0. The van der Waals surface area contributed by atoms with Gasteiger partial charge in [0.2, 0.25) is 17.7 Å². The second kappa shape index (κ2) is 11.7. The van der Waals surface area contributed by atoms with E-state index in [4.69, 9.17) is 10.8 Å². The summed E-state index contributed by atoms with van der Waals surface area (Å²) < 4.78 is 0. The first-order valence-electron chi connectivity index (χ1n) is 10.1. The first kappa shape index (κ1) is 26.8. The Kier molecular flexibility index (Phi) is 10.9. The summed E-state index contributed by atoms with van der Waals surface area (Å²) in [6.07, 6.45) is 0.352. The van der Waals surface area contributed by atoms with E-state index < -0.39 is 47.9 Å². The van der Waals surface area contributed by atoms with Gasteiger partial charge in [0, 0.05) is 7.05 Å². The third kappa shape index (κ3) is 8.39. The van der Waals surface area contributed by atoms with E-state index >= 15 is 0 Å². The lowest BCUT2D eigenvalue weighted by molar-refractivity contribution is -0.146. The van der Waals surface area contributed by atoms with Crippen molar-refractivity contribution in [3.05, 3.63) is 0 Å². The highest BCUT2D eigenvalue weighted by atomic mass is 16.4. The van der Waals surface area contributed by atoms with Crippen molar-refractivity contribution in [1.29, 1.82) is 0 Å². The van der Waals surface area contributed by atoms with Gasteiger partial charge in [-0.25, -0.2) is 0 Å². The predicted molar refractivity (Wildman–Crippen MR) is 111 cm³/mol. The lowest BCUT2D eigenvalue weighted by atomic mass is 9.97. The lowest BCUT2D eigenvalue weighted by Crippen LogP contribution is -2.59. The van der Waals surface area contributed by atoms with E-state index in [9.17, 15) is 19.2 Å². The van der Waals surface area contributed by atoms with E-state index in [2.05, 4.69) is 10.6 Å². The molecule has 29 heavy (non-hydrogen) atoms. The number of hydrogen-bond donors (Lipinski definition) is 4. The molecule has 0 bridgehead atoms. The number of nitrogens with one attached hydrogen (secondary N) is 2. The number of amides is 3. The molecule has 4 atom stereocenters. The van der Waals surface area contributed by atoms with Crippen LogP contribution in [0.15, 0.2) is 0 Å². The van der Waals surface area contributed by atoms with Crippen molar-refractivity contribution in [2.24, 2.45) is 23.5 Å². The summed E-state index contributed by atoms with van der Waals surface area (Å²) in [4.78, 5) is 50.5. The summed E-state index contributed by atoms with van der Waals surface area (Å²) in [5.74, 6) is -2.79. The van der Waals surface area contributed by atoms with Gasteiger partial charge in [0.15, 0.2) is 0 Å². The zero-order valence-corrected chi connectivity index (χ0v) is 18.9. The SMILES string of the molecule is CC(C)C[C@@H](C(=O)N[C@@H](C)C(=O)O)N(C)C(=O)[C@@H](NC(=O)[C@@H](N)C(C)C)C(C)C. The molecule has 0 fully saturated rings. The Morgan fingerprint density at radius 1 is 0.897 bits per heavy atom. The van der Waals surface area contributed by atoms with Crippen molar-refractivity contribution in [1.82, 2.24) is 15.5 Å². The quantitative estimate of drug-likeness (QED) is 0.389. The fourth-order valence-electron chi connectivity index (χ4n) is 2.70. The van der Waals surface area contributed by atoms with Gasteiger partial charge < -0.3 is 26.4 Å². The van der Waals surface area contributed by atoms with E-state index in [0.717, 1.165) is 0 Å². The summed E-state index contributed by atoms with van der Waals surface area (Å²) >= 11 is 0. The Balaban J connectivity index is 5.57. The van der Waals surface area contributed by atoms with Gasteiger partial charge in [-0.05, 0) is 31.1 Å². The van der Waals surface area contributed by atoms with E-state index in [-0.39, 0.29) is 17.8 Å². The molecule has 0 aromatic carbocycles. The van der Waals surface area contributed by atoms with Crippen LogP contribution in [-0.2, 0) is 19.2 Å². The molecule has 0 radical (unpaired) electrons. The number of carboxylic acids is 1. The molecule has 0 heterocycles. The number of aliphatic carboxylic acids is 1. The second-order valence-electron chi connectivity index (χ2n) is 8.66. The monoisotopic (exact) mass is 414 g/mol. The number of carboxylic acid groups (broad SMARTS) is 1. The number of carbonyl (C=O) groups excluding carboxylic acids is 3. The summed E-state index contributed by atoms with van der Waals surface area (Å²) in [7, 11) is 1.49. The third-order valence-corrected chi connectivity index (χ3v) is 4.79. The topological polar surface area (TPSA) is 142 Å². The maximum absolute atomic E-state index is 13.1. The summed E-state index contributed by atoms with van der Waals surface area (Å²) in [6, 6.07) is -3.54. The number of nitrogens with two attached hydrogens (primary N) is 1. The second-order valence-corrected chi connectivity index (χ2v) is 8.66. The van der Waals surface area contributed by atoms with Crippen LogP contribution >= 0.6 is 0 Å². The fraction of sp³-hybridized carbons (Fsp3) is 0.800. The van der Waals surface area contributed by atoms with Crippen LogP contribution in [0.4, 0.5) is 0 Å². The molecule has 0 spiro atoms. The number of nitrogens with zero attached hydrogens (tertiary/aromatic N) is 1. The molecule has 0 rings (SSSR count). The molecule has 0 aliphatic heterocycles. The first-order chi connectivity index (χ1) is 13.2. The van der Waals surface area contributed by atoms with E-state index in [0.29, 0.717) is 6.42 Å². The number of rotatable bonds is 11. The molecule has 0 aromatic heterocycles. The summed E-state index contributed by atoms with van der Waals surface area (Å²) in [5, 5.41) is 14.2. The normalized spacial score (nSPS) is 15.6. The average Bonchev–Trinajstić information content (AvgIpc) is 2.61. The molecule has 0 unspecified atom stereocenters. The van der Waals surface area contributed by atoms with Crippen molar-refractivity contribution in [2.45, 2.75) is 79.1 Å². The first-order valence-corrected chi connectivity index (χ1v) is 10.1. The van der Waals surface area contributed by atoms with Gasteiger partial charge in [-0.3, -0.25) is 19.2 Å². The van der Waals surface area contributed by atoms with Gasteiger partial charge in [-0.2, -0.15) is 0 Å². The number of carbonyl (C=O) groups is 4. The van der Waals surface area contributed by atoms with Crippen molar-refractivity contribution in [3.8, 4) is 0 Å². The van der Waals surface area contributed by atoms with Crippen LogP contribution in [-0.4, -0.2) is 64.9 Å². The van der Waals surface area contributed by atoms with E-state index in [1.807, 2.05) is 27.7 Å². The van der Waals surface area contributed by atoms with Crippen LogP contribution in [0, 0.1) is 17.8 Å². The minimum atomic E-state index is -1.16. The third-order valence-electron chi connectivity index (χ3n) is 4.79. The summed E-state index contributed by atoms with van der Waals surface area (Å²) in [6.45, 7) is 12.4. The van der Waals surface area contributed by atoms with Crippen molar-refractivity contribution in [3.63, 3.8) is 0 Å². The Bertz CT molecular complexity index is 591. The largest absolute Gasteiger partial charge is 0.480 e.